The molecule has 1 unspecified atom stereocenters. The van der Waals surface area contributed by atoms with Crippen molar-refractivity contribution in [2.75, 3.05) is 0 Å². The molecule has 1 fully saturated rings. The third-order valence-electron chi connectivity index (χ3n) is 3.86. The summed E-state index contributed by atoms with van der Waals surface area (Å²) in [4.78, 5) is 4.49. The summed E-state index contributed by atoms with van der Waals surface area (Å²) < 4.78 is 0. The summed E-state index contributed by atoms with van der Waals surface area (Å²) in [6.45, 7) is 2.28. The SMILES string of the molecule is CCCCCCCCCC(NC1CC1)c1nccs1. The lowest BCUT2D eigenvalue weighted by atomic mass is 10.1. The van der Waals surface area contributed by atoms with Crippen LogP contribution in [0, 0.1) is 0 Å². The van der Waals surface area contributed by atoms with Crippen molar-refractivity contribution in [1.82, 2.24) is 10.3 Å². The van der Waals surface area contributed by atoms with Crippen molar-refractivity contribution < 1.29 is 0 Å². The second-order valence-electron chi connectivity index (χ2n) is 5.77. The smallest absolute Gasteiger partial charge is 0.109 e. The molecular weight excluding hydrogens is 252 g/mol. The van der Waals surface area contributed by atoms with Gasteiger partial charge in [-0.2, -0.15) is 0 Å². The molecule has 0 aliphatic heterocycles. The normalized spacial score (nSPS) is 16.7. The Hall–Kier alpha value is -0.410. The molecule has 0 saturated heterocycles. The average molecular weight is 280 g/mol. The van der Waals surface area contributed by atoms with Gasteiger partial charge in [0, 0.05) is 17.6 Å². The van der Waals surface area contributed by atoms with Gasteiger partial charge in [0.2, 0.25) is 0 Å². The van der Waals surface area contributed by atoms with Crippen LogP contribution in [0.3, 0.4) is 0 Å². The number of rotatable bonds is 11. The van der Waals surface area contributed by atoms with Gasteiger partial charge in [0.25, 0.3) is 0 Å². The predicted molar refractivity (Wildman–Crippen MR) is 83.6 cm³/mol. The summed E-state index contributed by atoms with van der Waals surface area (Å²) in [6.07, 6.45) is 15.7. The maximum atomic E-state index is 4.49. The summed E-state index contributed by atoms with van der Waals surface area (Å²) in [6, 6.07) is 1.29. The van der Waals surface area contributed by atoms with Gasteiger partial charge in [0.15, 0.2) is 0 Å². The number of unbranched alkanes of at least 4 members (excludes halogenated alkanes) is 6. The summed E-state index contributed by atoms with van der Waals surface area (Å²) in [5.41, 5.74) is 0. The van der Waals surface area contributed by atoms with Crippen molar-refractivity contribution in [2.45, 2.75) is 83.2 Å². The van der Waals surface area contributed by atoms with Crippen LogP contribution in [-0.4, -0.2) is 11.0 Å². The highest BCUT2D eigenvalue weighted by Gasteiger charge is 2.26. The van der Waals surface area contributed by atoms with Crippen LogP contribution in [0.1, 0.15) is 82.2 Å². The quantitative estimate of drug-likeness (QED) is 0.572. The van der Waals surface area contributed by atoms with E-state index < -0.39 is 0 Å². The molecular formula is C16H28N2S. The highest BCUT2D eigenvalue weighted by atomic mass is 32.1. The summed E-state index contributed by atoms with van der Waals surface area (Å²) in [5, 5.41) is 7.14. The summed E-state index contributed by atoms with van der Waals surface area (Å²) in [7, 11) is 0. The zero-order valence-corrected chi connectivity index (χ0v) is 13.1. The molecule has 1 atom stereocenters. The van der Waals surface area contributed by atoms with Crippen LogP contribution >= 0.6 is 11.3 Å². The highest BCUT2D eigenvalue weighted by molar-refractivity contribution is 7.09. The molecule has 1 aliphatic carbocycles. The van der Waals surface area contributed by atoms with E-state index in [2.05, 4.69) is 22.6 Å². The molecule has 0 spiro atoms. The molecule has 1 saturated carbocycles. The molecule has 0 radical (unpaired) electrons. The Morgan fingerprint density at radius 1 is 1.21 bits per heavy atom. The van der Waals surface area contributed by atoms with Gasteiger partial charge in [-0.1, -0.05) is 51.9 Å². The maximum absolute atomic E-state index is 4.49. The van der Waals surface area contributed by atoms with Crippen LogP contribution in [0.15, 0.2) is 11.6 Å². The lowest BCUT2D eigenvalue weighted by molar-refractivity contribution is 0.461. The van der Waals surface area contributed by atoms with E-state index in [4.69, 9.17) is 0 Å². The van der Waals surface area contributed by atoms with E-state index >= 15 is 0 Å². The zero-order chi connectivity index (χ0) is 13.3. The Bertz CT molecular complexity index is 319. The minimum atomic E-state index is 0.517. The molecule has 1 aliphatic rings. The Morgan fingerprint density at radius 3 is 2.58 bits per heavy atom. The Labute approximate surface area is 122 Å². The van der Waals surface area contributed by atoms with Gasteiger partial charge in [-0.25, -0.2) is 4.98 Å². The minimum Gasteiger partial charge on any atom is -0.305 e. The number of hydrogen-bond donors (Lipinski definition) is 1. The van der Waals surface area contributed by atoms with Crippen molar-refractivity contribution in [3.63, 3.8) is 0 Å². The Balaban J connectivity index is 1.60. The first-order valence-electron chi connectivity index (χ1n) is 8.05. The van der Waals surface area contributed by atoms with Crippen molar-refractivity contribution in [2.24, 2.45) is 0 Å². The lowest BCUT2D eigenvalue weighted by Crippen LogP contribution is -2.23. The molecule has 0 bridgehead atoms. The van der Waals surface area contributed by atoms with Crippen molar-refractivity contribution in [1.29, 1.82) is 0 Å². The molecule has 19 heavy (non-hydrogen) atoms. The van der Waals surface area contributed by atoms with Gasteiger partial charge in [0.05, 0.1) is 6.04 Å². The van der Waals surface area contributed by atoms with E-state index in [1.165, 1.54) is 69.2 Å². The van der Waals surface area contributed by atoms with Gasteiger partial charge < -0.3 is 5.32 Å². The van der Waals surface area contributed by atoms with E-state index in [0.29, 0.717) is 6.04 Å². The van der Waals surface area contributed by atoms with E-state index in [-0.39, 0.29) is 0 Å². The van der Waals surface area contributed by atoms with Gasteiger partial charge in [-0.05, 0) is 19.3 Å². The second kappa shape index (κ2) is 8.70. The first kappa shape index (κ1) is 15.0. The highest BCUT2D eigenvalue weighted by Crippen LogP contribution is 2.28. The van der Waals surface area contributed by atoms with E-state index in [9.17, 15) is 0 Å². The van der Waals surface area contributed by atoms with Crippen LogP contribution in [-0.2, 0) is 0 Å². The zero-order valence-electron chi connectivity index (χ0n) is 12.2. The topological polar surface area (TPSA) is 24.9 Å². The van der Waals surface area contributed by atoms with Crippen molar-refractivity contribution in [3.05, 3.63) is 16.6 Å². The summed E-state index contributed by atoms with van der Waals surface area (Å²) in [5.74, 6) is 0. The largest absolute Gasteiger partial charge is 0.305 e. The molecule has 1 aromatic heterocycles. The van der Waals surface area contributed by atoms with Gasteiger partial charge >= 0.3 is 0 Å². The monoisotopic (exact) mass is 280 g/mol. The molecule has 0 amide bonds. The molecule has 3 heteroatoms. The predicted octanol–water partition coefficient (Wildman–Crippen LogP) is 5.08. The van der Waals surface area contributed by atoms with Crippen molar-refractivity contribution in [3.8, 4) is 0 Å². The fraction of sp³-hybridized carbons (Fsp3) is 0.812. The van der Waals surface area contributed by atoms with Crippen LogP contribution in [0.25, 0.3) is 0 Å². The standard InChI is InChI=1S/C16H28N2S/c1-2-3-4-5-6-7-8-9-15(18-14-10-11-14)16-17-12-13-19-16/h12-15,18H,2-11H2,1H3. The number of hydrogen-bond acceptors (Lipinski definition) is 3. The van der Waals surface area contributed by atoms with Gasteiger partial charge in [-0.15, -0.1) is 11.3 Å². The fourth-order valence-corrected chi connectivity index (χ4v) is 3.26. The molecule has 1 heterocycles. The number of aromatic nitrogens is 1. The number of thiazole rings is 1. The third-order valence-corrected chi connectivity index (χ3v) is 4.75. The third kappa shape index (κ3) is 6.05. The van der Waals surface area contributed by atoms with E-state index in [0.717, 1.165) is 6.04 Å². The molecule has 108 valence electrons. The van der Waals surface area contributed by atoms with Crippen LogP contribution < -0.4 is 5.32 Å². The van der Waals surface area contributed by atoms with Crippen molar-refractivity contribution >= 4 is 11.3 Å². The molecule has 1 N–H and O–H groups in total. The van der Waals surface area contributed by atoms with Crippen LogP contribution in [0.2, 0.25) is 0 Å². The fourth-order valence-electron chi connectivity index (χ4n) is 2.52. The van der Waals surface area contributed by atoms with E-state index in [1.54, 1.807) is 11.3 Å². The molecule has 1 aromatic rings. The van der Waals surface area contributed by atoms with E-state index in [1.807, 2.05) is 6.20 Å². The molecule has 2 nitrogen and oxygen atoms in total. The second-order valence-corrected chi connectivity index (χ2v) is 6.70. The number of nitrogens with zero attached hydrogens (tertiary/aromatic N) is 1. The Morgan fingerprint density at radius 2 is 1.95 bits per heavy atom. The summed E-state index contributed by atoms with van der Waals surface area (Å²) >= 11 is 1.80. The molecule has 0 aromatic carbocycles. The maximum Gasteiger partial charge on any atom is 0.109 e. The minimum absolute atomic E-state index is 0.517. The van der Waals surface area contributed by atoms with Gasteiger partial charge in [-0.3, -0.25) is 0 Å². The molecule has 2 rings (SSSR count). The Kier molecular flexibility index (Phi) is 6.86. The van der Waals surface area contributed by atoms with Gasteiger partial charge in [0.1, 0.15) is 5.01 Å². The average Bonchev–Trinajstić information content (AvgIpc) is 3.07. The van der Waals surface area contributed by atoms with Crippen LogP contribution in [0.4, 0.5) is 0 Å². The number of nitrogens with one attached hydrogen (secondary N) is 1. The first-order chi connectivity index (χ1) is 9.40. The lowest BCUT2D eigenvalue weighted by Gasteiger charge is -2.16. The van der Waals surface area contributed by atoms with Crippen LogP contribution in [0.5, 0.6) is 0 Å². The first-order valence-corrected chi connectivity index (χ1v) is 8.93.